The van der Waals surface area contributed by atoms with Crippen molar-refractivity contribution < 1.29 is 14.2 Å². The van der Waals surface area contributed by atoms with Gasteiger partial charge in [-0.3, -0.25) is 0 Å². The van der Waals surface area contributed by atoms with Gasteiger partial charge < -0.3 is 19.5 Å². The van der Waals surface area contributed by atoms with E-state index < -0.39 is 0 Å². The van der Waals surface area contributed by atoms with Gasteiger partial charge in [-0.15, -0.1) is 0 Å². The van der Waals surface area contributed by atoms with Gasteiger partial charge in [-0.1, -0.05) is 37.3 Å². The van der Waals surface area contributed by atoms with E-state index in [1.165, 1.54) is 5.56 Å². The van der Waals surface area contributed by atoms with Crippen LogP contribution >= 0.6 is 0 Å². The van der Waals surface area contributed by atoms with E-state index in [1.807, 2.05) is 66.7 Å². The van der Waals surface area contributed by atoms with Gasteiger partial charge in [0.25, 0.3) is 0 Å². The van der Waals surface area contributed by atoms with Crippen LogP contribution in [-0.2, 0) is 6.54 Å². The zero-order valence-corrected chi connectivity index (χ0v) is 17.1. The maximum Gasteiger partial charge on any atom is 0.122 e. The lowest BCUT2D eigenvalue weighted by atomic mass is 10.2. The van der Waals surface area contributed by atoms with Crippen LogP contribution in [0.5, 0.6) is 17.2 Å². The Bertz CT molecular complexity index is 832. The number of benzene rings is 3. The first-order valence-corrected chi connectivity index (χ1v) is 10.1. The predicted octanol–water partition coefficient (Wildman–Crippen LogP) is 5.93. The quantitative estimate of drug-likeness (QED) is 0.411. The van der Waals surface area contributed by atoms with Crippen molar-refractivity contribution in [1.29, 1.82) is 0 Å². The molecule has 0 unspecified atom stereocenters. The molecule has 3 aromatic carbocycles. The molecule has 0 saturated heterocycles. The van der Waals surface area contributed by atoms with Gasteiger partial charge in [-0.25, -0.2) is 0 Å². The molecule has 0 aliphatic heterocycles. The largest absolute Gasteiger partial charge is 0.491 e. The molecule has 3 aromatic rings. The van der Waals surface area contributed by atoms with Crippen LogP contribution in [0.4, 0.5) is 5.69 Å². The number of hydrogen-bond acceptors (Lipinski definition) is 4. The summed E-state index contributed by atoms with van der Waals surface area (Å²) in [7, 11) is 0. The van der Waals surface area contributed by atoms with E-state index in [0.29, 0.717) is 13.2 Å². The zero-order valence-electron chi connectivity index (χ0n) is 17.1. The molecular weight excluding hydrogens is 362 g/mol. The first-order valence-electron chi connectivity index (χ1n) is 10.1. The smallest absolute Gasteiger partial charge is 0.122 e. The van der Waals surface area contributed by atoms with Crippen molar-refractivity contribution in [3.63, 3.8) is 0 Å². The van der Waals surface area contributed by atoms with Crippen molar-refractivity contribution in [2.75, 3.05) is 18.5 Å². The molecule has 1 N–H and O–H groups in total. The van der Waals surface area contributed by atoms with Gasteiger partial charge in [0, 0.05) is 12.2 Å². The summed E-state index contributed by atoms with van der Waals surface area (Å²) in [5.74, 6) is 2.61. The molecule has 0 amide bonds. The Balaban J connectivity index is 1.38. The van der Waals surface area contributed by atoms with E-state index in [9.17, 15) is 0 Å². The minimum absolute atomic E-state index is 0.236. The first-order chi connectivity index (χ1) is 14.2. The fourth-order valence-corrected chi connectivity index (χ4v) is 2.71. The Morgan fingerprint density at radius 1 is 0.724 bits per heavy atom. The predicted molar refractivity (Wildman–Crippen MR) is 118 cm³/mol. The summed E-state index contributed by atoms with van der Waals surface area (Å²) in [6.45, 7) is 5.98. The maximum absolute atomic E-state index is 5.81. The van der Waals surface area contributed by atoms with E-state index >= 15 is 0 Å². The van der Waals surface area contributed by atoms with Crippen LogP contribution < -0.4 is 19.5 Å². The van der Waals surface area contributed by atoms with Gasteiger partial charge in [0.2, 0.25) is 0 Å². The standard InChI is InChI=1S/C25H29NO3/c1-3-20(2)29-25-15-11-22(12-16-25)26-19-21-9-13-24(14-10-21)28-18-17-27-23-7-5-4-6-8-23/h4-16,20,26H,3,17-19H2,1-2H3/t20-/m0/s1. The van der Waals surface area contributed by atoms with Crippen LogP contribution in [0.2, 0.25) is 0 Å². The third-order valence-electron chi connectivity index (χ3n) is 4.55. The van der Waals surface area contributed by atoms with Crippen LogP contribution in [0.3, 0.4) is 0 Å². The molecule has 29 heavy (non-hydrogen) atoms. The van der Waals surface area contributed by atoms with Gasteiger partial charge in [0.15, 0.2) is 0 Å². The molecule has 0 heterocycles. The monoisotopic (exact) mass is 391 g/mol. The molecule has 152 valence electrons. The van der Waals surface area contributed by atoms with Crippen LogP contribution in [0.15, 0.2) is 78.9 Å². The summed E-state index contributed by atoms with van der Waals surface area (Å²) in [6.07, 6.45) is 1.24. The van der Waals surface area contributed by atoms with Crippen LogP contribution in [-0.4, -0.2) is 19.3 Å². The molecule has 4 nitrogen and oxygen atoms in total. The fraction of sp³-hybridized carbons (Fsp3) is 0.280. The highest BCUT2D eigenvalue weighted by atomic mass is 16.5. The van der Waals surface area contributed by atoms with Crippen molar-refractivity contribution in [1.82, 2.24) is 0 Å². The zero-order chi connectivity index (χ0) is 20.3. The average molecular weight is 392 g/mol. The molecule has 0 saturated carbocycles. The number of rotatable bonds is 11. The third kappa shape index (κ3) is 7.07. The second-order valence-corrected chi connectivity index (χ2v) is 6.87. The van der Waals surface area contributed by atoms with Crippen LogP contribution in [0.1, 0.15) is 25.8 Å². The van der Waals surface area contributed by atoms with Gasteiger partial charge in [0.05, 0.1) is 6.10 Å². The van der Waals surface area contributed by atoms with E-state index in [0.717, 1.165) is 35.9 Å². The van der Waals surface area contributed by atoms with E-state index in [2.05, 4.69) is 31.3 Å². The average Bonchev–Trinajstić information content (AvgIpc) is 2.77. The van der Waals surface area contributed by atoms with E-state index in [1.54, 1.807) is 0 Å². The highest BCUT2D eigenvalue weighted by Gasteiger charge is 2.02. The summed E-state index contributed by atoms with van der Waals surface area (Å²) < 4.78 is 17.2. The number of ether oxygens (including phenoxy) is 3. The summed E-state index contributed by atoms with van der Waals surface area (Å²) in [6, 6.07) is 26.0. The summed E-state index contributed by atoms with van der Waals surface area (Å²) in [5, 5.41) is 3.43. The lowest BCUT2D eigenvalue weighted by Crippen LogP contribution is -2.09. The molecule has 1 atom stereocenters. The Morgan fingerprint density at radius 2 is 1.31 bits per heavy atom. The molecule has 0 radical (unpaired) electrons. The fourth-order valence-electron chi connectivity index (χ4n) is 2.71. The maximum atomic E-state index is 5.81. The van der Waals surface area contributed by atoms with Gasteiger partial charge in [-0.2, -0.15) is 0 Å². The minimum Gasteiger partial charge on any atom is -0.491 e. The molecular formula is C25H29NO3. The van der Waals surface area contributed by atoms with Crippen molar-refractivity contribution in [2.45, 2.75) is 32.9 Å². The number of nitrogens with one attached hydrogen (secondary N) is 1. The van der Waals surface area contributed by atoms with E-state index in [4.69, 9.17) is 14.2 Å². The molecule has 4 heteroatoms. The summed E-state index contributed by atoms with van der Waals surface area (Å²) >= 11 is 0. The Kier molecular flexibility index (Phi) is 7.81. The van der Waals surface area contributed by atoms with Crippen LogP contribution in [0, 0.1) is 0 Å². The molecule has 0 bridgehead atoms. The van der Waals surface area contributed by atoms with Crippen molar-refractivity contribution >= 4 is 5.69 Å². The normalized spacial score (nSPS) is 11.5. The first kappa shape index (κ1) is 20.6. The Labute approximate surface area is 173 Å². The molecule has 0 fully saturated rings. The third-order valence-corrected chi connectivity index (χ3v) is 4.55. The second-order valence-electron chi connectivity index (χ2n) is 6.87. The Morgan fingerprint density at radius 3 is 1.93 bits per heavy atom. The highest BCUT2D eigenvalue weighted by molar-refractivity contribution is 5.47. The molecule has 0 spiro atoms. The van der Waals surface area contributed by atoms with Crippen molar-refractivity contribution in [3.05, 3.63) is 84.4 Å². The van der Waals surface area contributed by atoms with Crippen molar-refractivity contribution in [2.24, 2.45) is 0 Å². The number of hydrogen-bond donors (Lipinski definition) is 1. The molecule has 0 aromatic heterocycles. The SMILES string of the molecule is CC[C@H](C)Oc1ccc(NCc2ccc(OCCOc3ccccc3)cc2)cc1. The molecule has 0 aliphatic rings. The lowest BCUT2D eigenvalue weighted by Gasteiger charge is -2.13. The van der Waals surface area contributed by atoms with E-state index in [-0.39, 0.29) is 6.10 Å². The summed E-state index contributed by atoms with van der Waals surface area (Å²) in [4.78, 5) is 0. The summed E-state index contributed by atoms with van der Waals surface area (Å²) in [5.41, 5.74) is 2.26. The molecule has 0 aliphatic carbocycles. The van der Waals surface area contributed by atoms with Gasteiger partial charge >= 0.3 is 0 Å². The topological polar surface area (TPSA) is 39.7 Å². The van der Waals surface area contributed by atoms with Gasteiger partial charge in [0.1, 0.15) is 30.5 Å². The van der Waals surface area contributed by atoms with Crippen molar-refractivity contribution in [3.8, 4) is 17.2 Å². The minimum atomic E-state index is 0.236. The number of anilines is 1. The number of para-hydroxylation sites is 1. The highest BCUT2D eigenvalue weighted by Crippen LogP contribution is 2.19. The lowest BCUT2D eigenvalue weighted by molar-refractivity contribution is 0.217. The van der Waals surface area contributed by atoms with Gasteiger partial charge in [-0.05, 0) is 67.4 Å². The second kappa shape index (κ2) is 11.0. The molecule has 3 rings (SSSR count). The Hall–Kier alpha value is -3.14. The van der Waals surface area contributed by atoms with Crippen LogP contribution in [0.25, 0.3) is 0 Å².